The SMILES string of the molecule is COc1cccc(O)c1C1=NNC(c2cccc3ccccc23)C1. The number of fused-ring (bicyclic) bond motifs is 1. The fourth-order valence-corrected chi connectivity index (χ4v) is 3.31. The minimum absolute atomic E-state index is 0.0791. The van der Waals surface area contributed by atoms with E-state index in [-0.39, 0.29) is 11.8 Å². The standard InChI is InChI=1S/C20H18N2O2/c1-24-19-11-5-10-18(23)20(19)17-12-16(21-22-17)15-9-4-7-13-6-2-3-8-14(13)15/h2-11,16,21,23H,12H2,1H3. The minimum atomic E-state index is 0.0791. The number of hydrogen-bond acceptors (Lipinski definition) is 4. The lowest BCUT2D eigenvalue weighted by molar-refractivity contribution is 0.406. The van der Waals surface area contributed by atoms with E-state index >= 15 is 0 Å². The molecule has 0 saturated heterocycles. The first-order valence-electron chi connectivity index (χ1n) is 7.94. The van der Waals surface area contributed by atoms with Gasteiger partial charge in [0, 0.05) is 6.42 Å². The van der Waals surface area contributed by atoms with Gasteiger partial charge in [0.15, 0.2) is 0 Å². The predicted octanol–water partition coefficient (Wildman–Crippen LogP) is 3.99. The molecule has 24 heavy (non-hydrogen) atoms. The van der Waals surface area contributed by atoms with Crippen molar-refractivity contribution < 1.29 is 9.84 Å². The molecule has 3 aromatic carbocycles. The number of ether oxygens (including phenoxy) is 1. The van der Waals surface area contributed by atoms with Crippen molar-refractivity contribution in [3.05, 3.63) is 71.8 Å². The fourth-order valence-electron chi connectivity index (χ4n) is 3.31. The molecule has 0 spiro atoms. The van der Waals surface area contributed by atoms with Crippen molar-refractivity contribution in [3.8, 4) is 11.5 Å². The molecule has 4 nitrogen and oxygen atoms in total. The van der Waals surface area contributed by atoms with Gasteiger partial charge >= 0.3 is 0 Å². The third-order valence-corrected chi connectivity index (χ3v) is 4.46. The van der Waals surface area contributed by atoms with Gasteiger partial charge in [0.05, 0.1) is 24.4 Å². The number of phenols is 1. The maximum Gasteiger partial charge on any atom is 0.131 e. The van der Waals surface area contributed by atoms with E-state index in [0.29, 0.717) is 17.7 Å². The summed E-state index contributed by atoms with van der Waals surface area (Å²) in [6, 6.07) is 20.0. The van der Waals surface area contributed by atoms with Crippen molar-refractivity contribution in [1.82, 2.24) is 5.43 Å². The van der Waals surface area contributed by atoms with Gasteiger partial charge in [-0.15, -0.1) is 0 Å². The van der Waals surface area contributed by atoms with Crippen LogP contribution in [0.15, 0.2) is 65.8 Å². The van der Waals surface area contributed by atoms with Gasteiger partial charge in [-0.25, -0.2) is 0 Å². The summed E-state index contributed by atoms with van der Waals surface area (Å²) >= 11 is 0. The van der Waals surface area contributed by atoms with Crippen LogP contribution in [0, 0.1) is 0 Å². The van der Waals surface area contributed by atoms with Gasteiger partial charge in [0.1, 0.15) is 11.5 Å². The first-order valence-corrected chi connectivity index (χ1v) is 7.94. The summed E-state index contributed by atoms with van der Waals surface area (Å²) in [4.78, 5) is 0. The van der Waals surface area contributed by atoms with Crippen molar-refractivity contribution in [2.24, 2.45) is 5.10 Å². The van der Waals surface area contributed by atoms with Crippen LogP contribution in [0.3, 0.4) is 0 Å². The first-order chi connectivity index (χ1) is 11.8. The Bertz CT molecular complexity index is 929. The quantitative estimate of drug-likeness (QED) is 0.767. The fraction of sp³-hybridized carbons (Fsp3) is 0.150. The Labute approximate surface area is 140 Å². The number of nitrogens with zero attached hydrogens (tertiary/aromatic N) is 1. The lowest BCUT2D eigenvalue weighted by Gasteiger charge is -2.14. The Balaban J connectivity index is 1.70. The van der Waals surface area contributed by atoms with Crippen LogP contribution >= 0.6 is 0 Å². The molecule has 0 bridgehead atoms. The maximum absolute atomic E-state index is 10.2. The van der Waals surface area contributed by atoms with E-state index in [2.05, 4.69) is 46.9 Å². The second kappa shape index (κ2) is 5.89. The normalized spacial score (nSPS) is 16.7. The molecule has 120 valence electrons. The zero-order valence-electron chi connectivity index (χ0n) is 13.4. The van der Waals surface area contributed by atoms with Crippen LogP contribution in [0.2, 0.25) is 0 Å². The molecule has 0 aliphatic carbocycles. The molecule has 1 atom stereocenters. The predicted molar refractivity (Wildman–Crippen MR) is 95.6 cm³/mol. The number of nitrogens with one attached hydrogen (secondary N) is 1. The summed E-state index contributed by atoms with van der Waals surface area (Å²) in [6.45, 7) is 0. The molecule has 4 rings (SSSR count). The van der Waals surface area contributed by atoms with Gasteiger partial charge in [-0.2, -0.15) is 5.10 Å². The lowest BCUT2D eigenvalue weighted by Crippen LogP contribution is -2.10. The highest BCUT2D eigenvalue weighted by Gasteiger charge is 2.26. The third kappa shape index (κ3) is 2.36. The lowest BCUT2D eigenvalue weighted by atomic mass is 9.94. The molecular weight excluding hydrogens is 300 g/mol. The highest BCUT2D eigenvalue weighted by atomic mass is 16.5. The number of benzene rings is 3. The van der Waals surface area contributed by atoms with Crippen LogP contribution in [-0.2, 0) is 0 Å². The van der Waals surface area contributed by atoms with E-state index < -0.39 is 0 Å². The number of hydrogen-bond donors (Lipinski definition) is 2. The van der Waals surface area contributed by atoms with Gasteiger partial charge in [-0.05, 0) is 28.5 Å². The molecule has 2 N–H and O–H groups in total. The summed E-state index contributed by atoms with van der Waals surface area (Å²) in [5.41, 5.74) is 5.89. The topological polar surface area (TPSA) is 53.9 Å². The maximum atomic E-state index is 10.2. The molecule has 0 saturated carbocycles. The Morgan fingerprint density at radius 2 is 1.83 bits per heavy atom. The van der Waals surface area contributed by atoms with Gasteiger partial charge in [-0.1, -0.05) is 48.5 Å². The molecule has 4 heteroatoms. The Morgan fingerprint density at radius 1 is 1.04 bits per heavy atom. The molecule has 0 aromatic heterocycles. The van der Waals surface area contributed by atoms with Crippen molar-refractivity contribution in [2.45, 2.75) is 12.5 Å². The van der Waals surface area contributed by atoms with Gasteiger partial charge in [0.25, 0.3) is 0 Å². The number of rotatable bonds is 3. The largest absolute Gasteiger partial charge is 0.507 e. The molecule has 1 unspecified atom stereocenters. The molecule has 1 heterocycles. The summed E-state index contributed by atoms with van der Waals surface area (Å²) < 4.78 is 5.38. The van der Waals surface area contributed by atoms with Crippen LogP contribution in [0.5, 0.6) is 11.5 Å². The van der Waals surface area contributed by atoms with Crippen molar-refractivity contribution in [3.63, 3.8) is 0 Å². The van der Waals surface area contributed by atoms with Crippen LogP contribution < -0.4 is 10.2 Å². The molecular formula is C20H18N2O2. The Kier molecular flexibility index (Phi) is 3.58. The van der Waals surface area contributed by atoms with Gasteiger partial charge in [0.2, 0.25) is 0 Å². The highest BCUT2D eigenvalue weighted by molar-refractivity contribution is 6.06. The molecule has 1 aliphatic heterocycles. The van der Waals surface area contributed by atoms with E-state index in [9.17, 15) is 5.11 Å². The molecule has 3 aromatic rings. The monoisotopic (exact) mass is 318 g/mol. The van der Waals surface area contributed by atoms with Crippen molar-refractivity contribution >= 4 is 16.5 Å². The van der Waals surface area contributed by atoms with Crippen LogP contribution in [0.1, 0.15) is 23.6 Å². The molecule has 0 fully saturated rings. The minimum Gasteiger partial charge on any atom is -0.507 e. The second-order valence-electron chi connectivity index (χ2n) is 5.87. The zero-order chi connectivity index (χ0) is 16.5. The summed E-state index contributed by atoms with van der Waals surface area (Å²) in [5, 5.41) is 17.1. The Morgan fingerprint density at radius 3 is 2.71 bits per heavy atom. The van der Waals surface area contributed by atoms with Crippen molar-refractivity contribution in [1.29, 1.82) is 0 Å². The van der Waals surface area contributed by atoms with E-state index in [1.165, 1.54) is 16.3 Å². The summed E-state index contributed by atoms with van der Waals surface area (Å²) in [5.74, 6) is 0.822. The summed E-state index contributed by atoms with van der Waals surface area (Å²) in [6.07, 6.45) is 0.696. The third-order valence-electron chi connectivity index (χ3n) is 4.46. The van der Waals surface area contributed by atoms with E-state index in [4.69, 9.17) is 4.74 Å². The average molecular weight is 318 g/mol. The van der Waals surface area contributed by atoms with Crippen LogP contribution in [0.25, 0.3) is 10.8 Å². The van der Waals surface area contributed by atoms with E-state index in [0.717, 1.165) is 5.71 Å². The van der Waals surface area contributed by atoms with Gasteiger partial charge in [-0.3, -0.25) is 0 Å². The zero-order valence-corrected chi connectivity index (χ0v) is 13.4. The molecule has 0 amide bonds. The smallest absolute Gasteiger partial charge is 0.131 e. The number of aromatic hydroxyl groups is 1. The van der Waals surface area contributed by atoms with Crippen LogP contribution in [0.4, 0.5) is 0 Å². The van der Waals surface area contributed by atoms with E-state index in [1.54, 1.807) is 19.2 Å². The number of hydrazone groups is 1. The number of phenolic OH excluding ortho intramolecular Hbond substituents is 1. The Hall–Kier alpha value is -3.01. The van der Waals surface area contributed by atoms with E-state index in [1.807, 2.05) is 12.1 Å². The second-order valence-corrected chi connectivity index (χ2v) is 5.87. The summed E-state index contributed by atoms with van der Waals surface area (Å²) in [7, 11) is 1.60. The number of methoxy groups -OCH3 is 1. The molecule has 0 radical (unpaired) electrons. The average Bonchev–Trinajstić information content (AvgIpc) is 3.10. The molecule has 1 aliphatic rings. The highest BCUT2D eigenvalue weighted by Crippen LogP contribution is 2.35. The first kappa shape index (κ1) is 14.6. The van der Waals surface area contributed by atoms with Crippen LogP contribution in [-0.4, -0.2) is 17.9 Å². The van der Waals surface area contributed by atoms with Crippen molar-refractivity contribution in [2.75, 3.05) is 7.11 Å². The van der Waals surface area contributed by atoms with Gasteiger partial charge < -0.3 is 15.3 Å².